The van der Waals surface area contributed by atoms with E-state index < -0.39 is 0 Å². The zero-order chi connectivity index (χ0) is 19.1. The molecule has 4 nitrogen and oxygen atoms in total. The van der Waals surface area contributed by atoms with Crippen molar-refractivity contribution >= 4 is 17.3 Å². The maximum Gasteiger partial charge on any atom is 0.257 e. The molecule has 1 aromatic heterocycles. The van der Waals surface area contributed by atoms with E-state index in [0.717, 1.165) is 29.9 Å². The van der Waals surface area contributed by atoms with Gasteiger partial charge in [-0.1, -0.05) is 43.7 Å². The maximum absolute atomic E-state index is 12.7. The molecule has 1 heterocycles. The minimum Gasteiger partial charge on any atom is -0.383 e. The summed E-state index contributed by atoms with van der Waals surface area (Å²) in [6, 6.07) is 9.81. The topological polar surface area (TPSA) is 54.0 Å². The summed E-state index contributed by atoms with van der Waals surface area (Å²) >= 11 is 0. The number of para-hydroxylation sites is 1. The van der Waals surface area contributed by atoms with Crippen molar-refractivity contribution in [2.24, 2.45) is 0 Å². The van der Waals surface area contributed by atoms with Crippen LogP contribution >= 0.6 is 0 Å². The first-order chi connectivity index (χ1) is 13.1. The molecule has 0 bridgehead atoms. The molecule has 1 aliphatic rings. The molecule has 0 saturated carbocycles. The number of amides is 1. The van der Waals surface area contributed by atoms with Gasteiger partial charge in [0.15, 0.2) is 0 Å². The van der Waals surface area contributed by atoms with Crippen LogP contribution in [0.4, 0.5) is 11.4 Å². The number of benzene rings is 1. The minimum atomic E-state index is -0.130. The van der Waals surface area contributed by atoms with E-state index in [1.807, 2.05) is 24.3 Å². The molecule has 0 unspecified atom stereocenters. The van der Waals surface area contributed by atoms with Crippen molar-refractivity contribution in [2.75, 3.05) is 17.2 Å². The lowest BCUT2D eigenvalue weighted by atomic mass is 9.97. The summed E-state index contributed by atoms with van der Waals surface area (Å²) in [7, 11) is 0. The van der Waals surface area contributed by atoms with E-state index in [0.29, 0.717) is 11.5 Å². The van der Waals surface area contributed by atoms with Gasteiger partial charge in [-0.25, -0.2) is 0 Å². The zero-order valence-electron chi connectivity index (χ0n) is 16.3. The van der Waals surface area contributed by atoms with Crippen LogP contribution in [0.3, 0.4) is 0 Å². The molecule has 2 aromatic rings. The van der Waals surface area contributed by atoms with Crippen LogP contribution in [0.1, 0.15) is 67.8 Å². The third-order valence-corrected chi connectivity index (χ3v) is 4.99. The SMILES string of the molecule is CC(C)c1ccccc1NC(=O)c1cncc(NCCC2=CCCCC2)c1. The molecule has 0 spiro atoms. The van der Waals surface area contributed by atoms with Crippen LogP contribution in [-0.2, 0) is 0 Å². The molecule has 27 heavy (non-hydrogen) atoms. The van der Waals surface area contributed by atoms with Crippen LogP contribution in [0.2, 0.25) is 0 Å². The van der Waals surface area contributed by atoms with Crippen molar-refractivity contribution in [3.8, 4) is 0 Å². The van der Waals surface area contributed by atoms with Crippen molar-refractivity contribution in [2.45, 2.75) is 51.9 Å². The number of allylic oxidation sites excluding steroid dienone is 1. The predicted molar refractivity (Wildman–Crippen MR) is 112 cm³/mol. The van der Waals surface area contributed by atoms with Gasteiger partial charge in [0.05, 0.1) is 11.3 Å². The van der Waals surface area contributed by atoms with Crippen LogP contribution in [0.5, 0.6) is 0 Å². The number of carbonyl (C=O) groups is 1. The maximum atomic E-state index is 12.7. The fourth-order valence-corrected chi connectivity index (χ4v) is 3.47. The van der Waals surface area contributed by atoms with E-state index in [1.54, 1.807) is 18.0 Å². The number of nitrogens with one attached hydrogen (secondary N) is 2. The molecule has 1 amide bonds. The van der Waals surface area contributed by atoms with Crippen LogP contribution in [0, 0.1) is 0 Å². The number of hydrogen-bond donors (Lipinski definition) is 2. The Balaban J connectivity index is 1.61. The van der Waals surface area contributed by atoms with Gasteiger partial charge in [-0.2, -0.15) is 0 Å². The second-order valence-electron chi connectivity index (χ2n) is 7.44. The number of nitrogens with zero attached hydrogens (tertiary/aromatic N) is 1. The second-order valence-corrected chi connectivity index (χ2v) is 7.44. The van der Waals surface area contributed by atoms with E-state index in [4.69, 9.17) is 0 Å². The molecule has 2 N–H and O–H groups in total. The van der Waals surface area contributed by atoms with Crippen molar-refractivity contribution < 1.29 is 4.79 Å². The fourth-order valence-electron chi connectivity index (χ4n) is 3.47. The number of carbonyl (C=O) groups excluding carboxylic acids is 1. The number of pyridine rings is 1. The standard InChI is InChI=1S/C23H29N3O/c1-17(2)21-10-6-7-11-22(21)26-23(27)19-14-20(16-24-15-19)25-13-12-18-8-4-3-5-9-18/h6-8,10-11,14-17,25H,3-5,9,12-13H2,1-2H3,(H,26,27). The Morgan fingerprint density at radius 1 is 1.19 bits per heavy atom. The third kappa shape index (κ3) is 5.43. The molecule has 0 aliphatic heterocycles. The Kier molecular flexibility index (Phi) is 6.64. The summed E-state index contributed by atoms with van der Waals surface area (Å²) < 4.78 is 0. The summed E-state index contributed by atoms with van der Waals surface area (Å²) in [5.41, 5.74) is 4.99. The third-order valence-electron chi connectivity index (χ3n) is 4.99. The van der Waals surface area contributed by atoms with Crippen LogP contribution in [0.25, 0.3) is 0 Å². The summed E-state index contributed by atoms with van der Waals surface area (Å²) in [4.78, 5) is 16.9. The molecule has 4 heteroatoms. The van der Waals surface area contributed by atoms with Gasteiger partial charge in [-0.3, -0.25) is 9.78 Å². The number of rotatable bonds is 7. The Morgan fingerprint density at radius 3 is 2.81 bits per heavy atom. The van der Waals surface area contributed by atoms with Crippen molar-refractivity contribution in [1.29, 1.82) is 0 Å². The molecule has 142 valence electrons. The lowest BCUT2D eigenvalue weighted by molar-refractivity contribution is 0.102. The monoisotopic (exact) mass is 363 g/mol. The zero-order valence-corrected chi connectivity index (χ0v) is 16.3. The Labute approximate surface area is 162 Å². The second kappa shape index (κ2) is 9.36. The lowest BCUT2D eigenvalue weighted by Gasteiger charge is -2.15. The summed E-state index contributed by atoms with van der Waals surface area (Å²) in [5.74, 6) is 0.218. The molecule has 0 atom stereocenters. The molecule has 3 rings (SSSR count). The predicted octanol–water partition coefficient (Wildman–Crippen LogP) is 5.76. The van der Waals surface area contributed by atoms with Gasteiger partial charge in [0.2, 0.25) is 0 Å². The first-order valence-corrected chi connectivity index (χ1v) is 9.90. The minimum absolute atomic E-state index is 0.130. The molecule has 0 radical (unpaired) electrons. The summed E-state index contributed by atoms with van der Waals surface area (Å²) in [6.45, 7) is 5.12. The van der Waals surface area contributed by atoms with E-state index in [-0.39, 0.29) is 5.91 Å². The summed E-state index contributed by atoms with van der Waals surface area (Å²) in [6.07, 6.45) is 11.9. The highest BCUT2D eigenvalue weighted by atomic mass is 16.1. The quantitative estimate of drug-likeness (QED) is 0.615. The largest absolute Gasteiger partial charge is 0.383 e. The fraction of sp³-hybridized carbons (Fsp3) is 0.391. The summed E-state index contributed by atoms with van der Waals surface area (Å²) in [5, 5.41) is 6.42. The van der Waals surface area contributed by atoms with Gasteiger partial charge in [0, 0.05) is 24.6 Å². The molecular formula is C23H29N3O. The van der Waals surface area contributed by atoms with Gasteiger partial charge < -0.3 is 10.6 Å². The van der Waals surface area contributed by atoms with Gasteiger partial charge in [0.1, 0.15) is 0 Å². The molecule has 1 aliphatic carbocycles. The highest BCUT2D eigenvalue weighted by Crippen LogP contribution is 2.24. The number of anilines is 2. The van der Waals surface area contributed by atoms with Crippen molar-refractivity contribution in [3.05, 3.63) is 65.5 Å². The van der Waals surface area contributed by atoms with E-state index in [2.05, 4.69) is 41.6 Å². The molecule has 1 aromatic carbocycles. The van der Waals surface area contributed by atoms with E-state index in [1.165, 1.54) is 25.7 Å². The Hall–Kier alpha value is -2.62. The van der Waals surface area contributed by atoms with Crippen LogP contribution in [-0.4, -0.2) is 17.4 Å². The van der Waals surface area contributed by atoms with Gasteiger partial charge in [0.25, 0.3) is 5.91 Å². The molecular weight excluding hydrogens is 334 g/mol. The number of aromatic nitrogens is 1. The lowest BCUT2D eigenvalue weighted by Crippen LogP contribution is -2.14. The smallest absolute Gasteiger partial charge is 0.257 e. The average molecular weight is 364 g/mol. The van der Waals surface area contributed by atoms with E-state index >= 15 is 0 Å². The Morgan fingerprint density at radius 2 is 2.04 bits per heavy atom. The first kappa shape index (κ1) is 19.2. The van der Waals surface area contributed by atoms with Gasteiger partial charge >= 0.3 is 0 Å². The van der Waals surface area contributed by atoms with Gasteiger partial charge in [-0.15, -0.1) is 0 Å². The highest BCUT2D eigenvalue weighted by Gasteiger charge is 2.12. The van der Waals surface area contributed by atoms with Crippen molar-refractivity contribution in [1.82, 2.24) is 4.98 Å². The first-order valence-electron chi connectivity index (χ1n) is 9.90. The molecule has 0 saturated heterocycles. The van der Waals surface area contributed by atoms with E-state index in [9.17, 15) is 4.79 Å². The Bertz CT molecular complexity index is 811. The average Bonchev–Trinajstić information content (AvgIpc) is 2.69. The molecule has 0 fully saturated rings. The normalized spacial score (nSPS) is 14.0. The number of hydrogen-bond acceptors (Lipinski definition) is 3. The van der Waals surface area contributed by atoms with Crippen LogP contribution in [0.15, 0.2) is 54.4 Å². The van der Waals surface area contributed by atoms with Crippen molar-refractivity contribution in [3.63, 3.8) is 0 Å². The van der Waals surface area contributed by atoms with Crippen LogP contribution < -0.4 is 10.6 Å². The van der Waals surface area contributed by atoms with Gasteiger partial charge in [-0.05, 0) is 55.7 Å². The highest BCUT2D eigenvalue weighted by molar-refractivity contribution is 6.05.